The topological polar surface area (TPSA) is 69.9 Å². The molecule has 0 aromatic carbocycles. The third-order valence-electron chi connectivity index (χ3n) is 5.84. The molecule has 3 rings (SSSR count). The summed E-state index contributed by atoms with van der Waals surface area (Å²) in [4.78, 5) is 7.39. The van der Waals surface area contributed by atoms with Crippen LogP contribution in [0.3, 0.4) is 0 Å². The molecule has 0 amide bonds. The van der Waals surface area contributed by atoms with Gasteiger partial charge in [-0.05, 0) is 64.3 Å². The second-order valence-corrected chi connectivity index (χ2v) is 9.80. The van der Waals surface area contributed by atoms with Crippen LogP contribution in [0.4, 0.5) is 0 Å². The maximum atomic E-state index is 12.2. The number of nitrogens with zero attached hydrogens (tertiary/aromatic N) is 2. The van der Waals surface area contributed by atoms with Gasteiger partial charge in [0.05, 0.1) is 18.8 Å². The van der Waals surface area contributed by atoms with Crippen molar-refractivity contribution in [3.63, 3.8) is 0 Å². The van der Waals surface area contributed by atoms with Crippen molar-refractivity contribution in [2.24, 2.45) is 4.99 Å². The molecule has 4 atom stereocenters. The summed E-state index contributed by atoms with van der Waals surface area (Å²) < 4.78 is 18.0. The van der Waals surface area contributed by atoms with Crippen molar-refractivity contribution in [1.29, 1.82) is 0 Å². The molecule has 1 saturated heterocycles. The highest BCUT2D eigenvalue weighted by atomic mass is 127. The minimum Gasteiger partial charge on any atom is -0.468 e. The van der Waals surface area contributed by atoms with Gasteiger partial charge in [-0.15, -0.1) is 24.0 Å². The van der Waals surface area contributed by atoms with Crippen molar-refractivity contribution in [3.05, 3.63) is 24.2 Å². The Labute approximate surface area is 195 Å². The van der Waals surface area contributed by atoms with Gasteiger partial charge in [0.25, 0.3) is 0 Å². The molecule has 2 heterocycles. The van der Waals surface area contributed by atoms with Crippen LogP contribution in [0.25, 0.3) is 0 Å². The van der Waals surface area contributed by atoms with E-state index >= 15 is 0 Å². The predicted molar refractivity (Wildman–Crippen MR) is 132 cm³/mol. The molecule has 4 unspecified atom stereocenters. The summed E-state index contributed by atoms with van der Waals surface area (Å²) in [7, 11) is -0.705. The van der Waals surface area contributed by atoms with Crippen LogP contribution in [-0.4, -0.2) is 58.3 Å². The van der Waals surface area contributed by atoms with Gasteiger partial charge in [0.15, 0.2) is 5.96 Å². The highest BCUT2D eigenvalue weighted by Crippen LogP contribution is 2.26. The van der Waals surface area contributed by atoms with E-state index in [9.17, 15) is 4.21 Å². The summed E-state index contributed by atoms with van der Waals surface area (Å²) in [6, 6.07) is 4.56. The Balaban J connectivity index is 0.00000300. The van der Waals surface area contributed by atoms with Crippen molar-refractivity contribution in [2.45, 2.75) is 69.7 Å². The Morgan fingerprint density at radius 3 is 2.76 bits per heavy atom. The van der Waals surface area contributed by atoms with E-state index < -0.39 is 10.8 Å². The first kappa shape index (κ1) is 24.7. The first-order valence-corrected chi connectivity index (χ1v) is 12.3. The molecule has 2 fully saturated rings. The number of aliphatic imine (C=N–C) groups is 1. The highest BCUT2D eigenvalue weighted by molar-refractivity contribution is 14.0. The first-order valence-electron chi connectivity index (χ1n) is 10.9. The van der Waals surface area contributed by atoms with Crippen LogP contribution in [0.2, 0.25) is 0 Å². The number of hydrogen-bond donors (Lipinski definition) is 2. The summed E-state index contributed by atoms with van der Waals surface area (Å²) in [6.45, 7) is 7.84. The maximum Gasteiger partial charge on any atom is 0.191 e. The molecule has 0 spiro atoms. The zero-order valence-electron chi connectivity index (χ0n) is 17.8. The average Bonchev–Trinajstić information content (AvgIpc) is 3.42. The van der Waals surface area contributed by atoms with Crippen molar-refractivity contribution >= 4 is 40.7 Å². The molecule has 0 radical (unpaired) electrons. The van der Waals surface area contributed by atoms with Gasteiger partial charge in [-0.2, -0.15) is 0 Å². The quantitative estimate of drug-likeness (QED) is 0.302. The van der Waals surface area contributed by atoms with Gasteiger partial charge in [0.1, 0.15) is 5.76 Å². The van der Waals surface area contributed by atoms with Crippen LogP contribution in [0.5, 0.6) is 0 Å². The smallest absolute Gasteiger partial charge is 0.191 e. The van der Waals surface area contributed by atoms with Crippen LogP contribution in [0.1, 0.15) is 64.2 Å². The Morgan fingerprint density at radius 1 is 1.31 bits per heavy atom. The second kappa shape index (κ2) is 12.9. The number of likely N-dealkylation sites (tertiary alicyclic amines) is 1. The lowest BCUT2D eigenvalue weighted by Crippen LogP contribution is -2.47. The fourth-order valence-electron chi connectivity index (χ4n) is 4.36. The first-order chi connectivity index (χ1) is 13.7. The van der Waals surface area contributed by atoms with Gasteiger partial charge in [0.2, 0.25) is 0 Å². The monoisotopic (exact) mass is 536 g/mol. The standard InChI is InChI=1S/C21H36N4O2S.HI/c1-3-22-21(24-17-9-7-10-18(15-17)28(26)4-2)23-16-19(20-11-8-14-27-20)25-12-5-6-13-25;/h8,11,14,17-19H,3-7,9-10,12-13,15-16H2,1-2H3,(H2,22,23,24);1H. The SMILES string of the molecule is CCNC(=NCC(c1ccco1)N1CCCC1)NC1CCCC(S(=O)CC)C1.I. The summed E-state index contributed by atoms with van der Waals surface area (Å²) in [6.07, 6.45) is 8.56. The fraction of sp³-hybridized carbons (Fsp3) is 0.762. The van der Waals surface area contributed by atoms with Gasteiger partial charge in [-0.1, -0.05) is 13.3 Å². The Kier molecular flexibility index (Phi) is 11.0. The molecule has 2 N–H and O–H groups in total. The largest absolute Gasteiger partial charge is 0.468 e. The molecule has 8 heteroatoms. The van der Waals surface area contributed by atoms with Gasteiger partial charge in [-0.3, -0.25) is 14.1 Å². The number of rotatable bonds is 8. The van der Waals surface area contributed by atoms with Crippen molar-refractivity contribution in [3.8, 4) is 0 Å². The van der Waals surface area contributed by atoms with E-state index in [1.54, 1.807) is 6.26 Å². The number of halogens is 1. The van der Waals surface area contributed by atoms with Gasteiger partial charge in [-0.25, -0.2) is 0 Å². The molecule has 6 nitrogen and oxygen atoms in total. The second-order valence-electron chi connectivity index (χ2n) is 7.79. The molecule has 2 aliphatic rings. The van der Waals surface area contributed by atoms with E-state index in [0.717, 1.165) is 62.8 Å². The van der Waals surface area contributed by atoms with Crippen LogP contribution in [-0.2, 0) is 10.8 Å². The fourth-order valence-corrected chi connectivity index (χ4v) is 5.71. The van der Waals surface area contributed by atoms with E-state index in [0.29, 0.717) is 17.8 Å². The number of nitrogens with one attached hydrogen (secondary N) is 2. The number of hydrogen-bond acceptors (Lipinski definition) is 4. The third-order valence-corrected chi connectivity index (χ3v) is 7.58. The van der Waals surface area contributed by atoms with Crippen LogP contribution >= 0.6 is 24.0 Å². The summed E-state index contributed by atoms with van der Waals surface area (Å²) >= 11 is 0. The van der Waals surface area contributed by atoms with E-state index in [-0.39, 0.29) is 30.0 Å². The molecule has 166 valence electrons. The number of furan rings is 1. The van der Waals surface area contributed by atoms with Crippen LogP contribution in [0.15, 0.2) is 27.8 Å². The van der Waals surface area contributed by atoms with E-state index in [2.05, 4.69) is 28.5 Å². The third kappa shape index (κ3) is 7.24. The Morgan fingerprint density at radius 2 is 2.10 bits per heavy atom. The minimum atomic E-state index is -0.705. The minimum absolute atomic E-state index is 0. The maximum absolute atomic E-state index is 12.2. The molecular formula is C21H37IN4O2S. The van der Waals surface area contributed by atoms with E-state index in [4.69, 9.17) is 9.41 Å². The molecular weight excluding hydrogens is 499 g/mol. The average molecular weight is 537 g/mol. The van der Waals surface area contributed by atoms with Crippen LogP contribution < -0.4 is 10.6 Å². The zero-order valence-corrected chi connectivity index (χ0v) is 20.9. The van der Waals surface area contributed by atoms with Gasteiger partial charge < -0.3 is 15.1 Å². The summed E-state index contributed by atoms with van der Waals surface area (Å²) in [5.74, 6) is 2.62. The Bertz CT molecular complexity index is 635. The van der Waals surface area contributed by atoms with Gasteiger partial charge in [0, 0.05) is 34.4 Å². The molecule has 0 bridgehead atoms. The lowest BCUT2D eigenvalue weighted by Gasteiger charge is -2.30. The molecule has 1 aliphatic carbocycles. The van der Waals surface area contributed by atoms with Crippen LogP contribution in [0, 0.1) is 0 Å². The zero-order chi connectivity index (χ0) is 19.8. The van der Waals surface area contributed by atoms with E-state index in [1.807, 2.05) is 13.0 Å². The summed E-state index contributed by atoms with van der Waals surface area (Å²) in [5, 5.41) is 7.32. The molecule has 1 saturated carbocycles. The molecule has 1 aromatic heterocycles. The Hall–Kier alpha value is -0.610. The lowest BCUT2D eigenvalue weighted by molar-refractivity contribution is 0.221. The van der Waals surface area contributed by atoms with Crippen molar-refractivity contribution in [2.75, 3.05) is 31.9 Å². The van der Waals surface area contributed by atoms with Crippen molar-refractivity contribution in [1.82, 2.24) is 15.5 Å². The van der Waals surface area contributed by atoms with Crippen molar-refractivity contribution < 1.29 is 8.63 Å². The van der Waals surface area contributed by atoms with Gasteiger partial charge >= 0.3 is 0 Å². The molecule has 1 aromatic rings. The lowest BCUT2D eigenvalue weighted by atomic mass is 9.95. The summed E-state index contributed by atoms with van der Waals surface area (Å²) in [5.41, 5.74) is 0. The number of guanidine groups is 1. The normalized spacial score (nSPS) is 25.2. The molecule has 1 aliphatic heterocycles. The predicted octanol–water partition coefficient (Wildman–Crippen LogP) is 3.67. The highest BCUT2D eigenvalue weighted by Gasteiger charge is 2.27. The van der Waals surface area contributed by atoms with E-state index in [1.165, 1.54) is 12.8 Å². The molecule has 29 heavy (non-hydrogen) atoms.